The Bertz CT molecular complexity index is 1230. The van der Waals surface area contributed by atoms with E-state index in [1.165, 1.54) is 0 Å². The van der Waals surface area contributed by atoms with Crippen molar-refractivity contribution in [3.63, 3.8) is 0 Å². The number of aromatic nitrogens is 6. The van der Waals surface area contributed by atoms with Gasteiger partial charge in [-0.15, -0.1) is 0 Å². The summed E-state index contributed by atoms with van der Waals surface area (Å²) in [5.41, 5.74) is 3.52. The van der Waals surface area contributed by atoms with Crippen LogP contribution < -0.4 is 15.5 Å². The second-order valence-electron chi connectivity index (χ2n) is 7.87. The van der Waals surface area contributed by atoms with Gasteiger partial charge in [0.15, 0.2) is 11.6 Å². The first kappa shape index (κ1) is 20.0. The van der Waals surface area contributed by atoms with Crippen LogP contribution in [0.15, 0.2) is 41.1 Å². The van der Waals surface area contributed by atoms with Gasteiger partial charge in [0.1, 0.15) is 17.3 Å². The van der Waals surface area contributed by atoms with E-state index < -0.39 is 0 Å². The minimum Gasteiger partial charge on any atom is -0.373 e. The zero-order valence-corrected chi connectivity index (χ0v) is 18.3. The molecule has 4 aromatic rings. The highest BCUT2D eigenvalue weighted by atomic mass is 16.5. The van der Waals surface area contributed by atoms with Crippen LogP contribution in [0, 0.1) is 13.8 Å². The highest BCUT2D eigenvalue weighted by Crippen LogP contribution is 2.37. The van der Waals surface area contributed by atoms with Crippen LogP contribution in [0.2, 0.25) is 0 Å². The molecule has 1 fully saturated rings. The van der Waals surface area contributed by atoms with Gasteiger partial charge in [0.2, 0.25) is 5.95 Å². The summed E-state index contributed by atoms with van der Waals surface area (Å²) >= 11 is 0. The SMILES string of the molecule is CNc1ncccc1-c1cc([C@@H]2CCCN2c2nc(C)cc(Nc3cc(C)[nH]n3)n2)on1. The molecule has 1 aliphatic heterocycles. The molecular weight excluding hydrogens is 406 g/mol. The Morgan fingerprint density at radius 2 is 2.06 bits per heavy atom. The van der Waals surface area contributed by atoms with E-state index in [1.807, 2.05) is 51.2 Å². The zero-order chi connectivity index (χ0) is 22.1. The maximum absolute atomic E-state index is 5.78. The lowest BCUT2D eigenvalue weighted by Gasteiger charge is -2.23. The van der Waals surface area contributed by atoms with Crippen molar-refractivity contribution in [2.45, 2.75) is 32.7 Å². The molecule has 0 unspecified atom stereocenters. The first-order chi connectivity index (χ1) is 15.6. The largest absolute Gasteiger partial charge is 0.373 e. The molecule has 5 rings (SSSR count). The predicted octanol–water partition coefficient (Wildman–Crippen LogP) is 3.99. The standard InChI is InChI=1S/C22H25N9O/c1-13-10-19(26-20-11-14(2)28-29-20)27-22(25-13)31-9-5-7-17(31)18-12-16(30-32-18)15-6-4-8-24-21(15)23-3/h4,6,8,10-12,17H,5,7,9H2,1-3H3,(H,23,24)(H2,25,26,27,28,29)/t17-/m0/s1. The Kier molecular flexibility index (Phi) is 5.18. The van der Waals surface area contributed by atoms with E-state index in [2.05, 4.69) is 35.9 Å². The molecule has 0 saturated carbocycles. The minimum absolute atomic E-state index is 0.0215. The number of aromatic amines is 1. The van der Waals surface area contributed by atoms with E-state index in [9.17, 15) is 0 Å². The number of nitrogens with one attached hydrogen (secondary N) is 3. The summed E-state index contributed by atoms with van der Waals surface area (Å²) in [7, 11) is 1.84. The highest BCUT2D eigenvalue weighted by Gasteiger charge is 2.32. The normalized spacial score (nSPS) is 15.8. The van der Waals surface area contributed by atoms with Gasteiger partial charge < -0.3 is 20.1 Å². The van der Waals surface area contributed by atoms with Crippen molar-refractivity contribution in [2.75, 3.05) is 29.1 Å². The molecule has 0 bridgehead atoms. The Morgan fingerprint density at radius 1 is 1.16 bits per heavy atom. The Labute approximate surface area is 185 Å². The third-order valence-corrected chi connectivity index (χ3v) is 5.49. The van der Waals surface area contributed by atoms with Crippen LogP contribution >= 0.6 is 0 Å². The van der Waals surface area contributed by atoms with Gasteiger partial charge in [-0.25, -0.2) is 9.97 Å². The van der Waals surface area contributed by atoms with Crippen LogP contribution in [0.3, 0.4) is 0 Å². The quantitative estimate of drug-likeness (QED) is 0.416. The Balaban J connectivity index is 1.42. The lowest BCUT2D eigenvalue weighted by molar-refractivity contribution is 0.362. The molecule has 0 amide bonds. The number of hydrogen-bond acceptors (Lipinski definition) is 9. The average molecular weight is 432 g/mol. The van der Waals surface area contributed by atoms with Crippen molar-refractivity contribution in [3.8, 4) is 11.3 Å². The van der Waals surface area contributed by atoms with Crippen molar-refractivity contribution in [1.82, 2.24) is 30.3 Å². The van der Waals surface area contributed by atoms with Gasteiger partial charge in [0, 0.05) is 54.9 Å². The maximum atomic E-state index is 5.78. The number of nitrogens with zero attached hydrogens (tertiary/aromatic N) is 6. The van der Waals surface area contributed by atoms with Crippen molar-refractivity contribution in [1.29, 1.82) is 0 Å². The van der Waals surface area contributed by atoms with E-state index in [0.717, 1.165) is 59.4 Å². The average Bonchev–Trinajstić information content (AvgIpc) is 3.54. The third kappa shape index (κ3) is 3.86. The van der Waals surface area contributed by atoms with E-state index in [1.54, 1.807) is 6.20 Å². The summed E-state index contributed by atoms with van der Waals surface area (Å²) in [6.07, 6.45) is 3.72. The number of hydrogen-bond donors (Lipinski definition) is 3. The summed E-state index contributed by atoms with van der Waals surface area (Å²) in [4.78, 5) is 16.0. The van der Waals surface area contributed by atoms with Crippen molar-refractivity contribution >= 4 is 23.4 Å². The molecule has 5 heterocycles. The van der Waals surface area contributed by atoms with Crippen LogP contribution in [-0.2, 0) is 0 Å². The van der Waals surface area contributed by atoms with E-state index in [-0.39, 0.29) is 6.04 Å². The van der Waals surface area contributed by atoms with Crippen molar-refractivity contribution in [2.24, 2.45) is 0 Å². The van der Waals surface area contributed by atoms with Crippen LogP contribution in [0.4, 0.5) is 23.4 Å². The molecule has 0 aliphatic carbocycles. The van der Waals surface area contributed by atoms with Crippen LogP contribution in [-0.4, -0.2) is 43.9 Å². The fourth-order valence-electron chi connectivity index (χ4n) is 4.05. The summed E-state index contributed by atoms with van der Waals surface area (Å²) in [6, 6.07) is 9.72. The molecule has 4 aromatic heterocycles. The lowest BCUT2D eigenvalue weighted by atomic mass is 10.1. The van der Waals surface area contributed by atoms with Gasteiger partial charge in [0.25, 0.3) is 0 Å². The molecule has 164 valence electrons. The first-order valence-corrected chi connectivity index (χ1v) is 10.6. The van der Waals surface area contributed by atoms with Gasteiger partial charge >= 0.3 is 0 Å². The van der Waals surface area contributed by atoms with Crippen molar-refractivity contribution < 1.29 is 4.52 Å². The molecule has 32 heavy (non-hydrogen) atoms. The van der Waals surface area contributed by atoms with E-state index in [4.69, 9.17) is 14.5 Å². The Morgan fingerprint density at radius 3 is 2.88 bits per heavy atom. The number of H-pyrrole nitrogens is 1. The van der Waals surface area contributed by atoms with Crippen LogP contribution in [0.5, 0.6) is 0 Å². The second kappa shape index (κ2) is 8.29. The second-order valence-corrected chi connectivity index (χ2v) is 7.87. The van der Waals surface area contributed by atoms with Crippen LogP contribution in [0.1, 0.15) is 36.0 Å². The summed E-state index contributed by atoms with van der Waals surface area (Å²) in [6.45, 7) is 4.77. The number of rotatable bonds is 6. The molecule has 1 aliphatic rings. The number of aryl methyl sites for hydroxylation is 2. The van der Waals surface area contributed by atoms with Gasteiger partial charge in [-0.05, 0) is 38.8 Å². The smallest absolute Gasteiger partial charge is 0.228 e. The van der Waals surface area contributed by atoms with Crippen molar-refractivity contribution in [3.05, 3.63) is 53.7 Å². The van der Waals surface area contributed by atoms with Gasteiger partial charge in [0.05, 0.1) is 6.04 Å². The number of pyridine rings is 1. The van der Waals surface area contributed by atoms with Gasteiger partial charge in [-0.3, -0.25) is 5.10 Å². The molecule has 10 heteroatoms. The molecular formula is C22H25N9O. The topological polar surface area (TPSA) is 121 Å². The zero-order valence-electron chi connectivity index (χ0n) is 18.3. The fourth-order valence-corrected chi connectivity index (χ4v) is 4.05. The predicted molar refractivity (Wildman–Crippen MR) is 122 cm³/mol. The summed E-state index contributed by atoms with van der Waals surface area (Å²) in [5.74, 6) is 3.66. The molecule has 10 nitrogen and oxygen atoms in total. The third-order valence-electron chi connectivity index (χ3n) is 5.49. The lowest BCUT2D eigenvalue weighted by Crippen LogP contribution is -2.25. The molecule has 0 radical (unpaired) electrons. The van der Waals surface area contributed by atoms with Gasteiger partial charge in [-0.2, -0.15) is 10.1 Å². The summed E-state index contributed by atoms with van der Waals surface area (Å²) < 4.78 is 5.78. The van der Waals surface area contributed by atoms with Crippen LogP contribution in [0.25, 0.3) is 11.3 Å². The molecule has 0 spiro atoms. The fraction of sp³-hybridized carbons (Fsp3) is 0.318. The van der Waals surface area contributed by atoms with E-state index in [0.29, 0.717) is 11.8 Å². The summed E-state index contributed by atoms with van der Waals surface area (Å²) in [5, 5.41) is 17.8. The van der Waals surface area contributed by atoms with Gasteiger partial charge in [-0.1, -0.05) is 5.16 Å². The molecule has 1 saturated heterocycles. The van der Waals surface area contributed by atoms with E-state index >= 15 is 0 Å². The minimum atomic E-state index is 0.0215. The first-order valence-electron chi connectivity index (χ1n) is 10.6. The molecule has 3 N–H and O–H groups in total. The molecule has 0 aromatic carbocycles. The highest BCUT2D eigenvalue weighted by molar-refractivity contribution is 5.72. The maximum Gasteiger partial charge on any atom is 0.228 e. The Hall–Kier alpha value is -3.95. The number of anilines is 4. The molecule has 1 atom stereocenters. The monoisotopic (exact) mass is 431 g/mol.